The standard InChI is InChI=1S/C10H9FO4/c11-6-2-1-5-3-4-15-9(5)7(6)8(12)10(13)14/h1-2,8,12H,3-4H2,(H,13,14). The van der Waals surface area contributed by atoms with Crippen molar-refractivity contribution in [3.8, 4) is 5.75 Å². The molecule has 0 aliphatic carbocycles. The van der Waals surface area contributed by atoms with Crippen LogP contribution in [0.5, 0.6) is 5.75 Å². The van der Waals surface area contributed by atoms with E-state index in [9.17, 15) is 14.3 Å². The molecule has 80 valence electrons. The molecule has 1 aliphatic rings. The molecular formula is C10H9FO4. The fraction of sp³-hybridized carbons (Fsp3) is 0.300. The average Bonchev–Trinajstić information content (AvgIpc) is 2.64. The lowest BCUT2D eigenvalue weighted by Crippen LogP contribution is -2.13. The first-order valence-electron chi connectivity index (χ1n) is 4.46. The van der Waals surface area contributed by atoms with Gasteiger partial charge < -0.3 is 14.9 Å². The zero-order valence-corrected chi connectivity index (χ0v) is 7.74. The molecule has 0 amide bonds. The Morgan fingerprint density at radius 3 is 2.93 bits per heavy atom. The van der Waals surface area contributed by atoms with E-state index in [2.05, 4.69) is 0 Å². The van der Waals surface area contributed by atoms with Crippen LogP contribution >= 0.6 is 0 Å². The number of hydrogen-bond acceptors (Lipinski definition) is 3. The van der Waals surface area contributed by atoms with Gasteiger partial charge >= 0.3 is 5.97 Å². The molecule has 2 rings (SSSR count). The second kappa shape index (κ2) is 3.51. The number of rotatable bonds is 2. The highest BCUT2D eigenvalue weighted by Crippen LogP contribution is 2.35. The molecule has 1 heterocycles. The fourth-order valence-corrected chi connectivity index (χ4v) is 1.63. The summed E-state index contributed by atoms with van der Waals surface area (Å²) in [6.07, 6.45) is -1.27. The van der Waals surface area contributed by atoms with Gasteiger partial charge in [0.2, 0.25) is 0 Å². The lowest BCUT2D eigenvalue weighted by atomic mass is 10.0. The Morgan fingerprint density at radius 1 is 1.53 bits per heavy atom. The second-order valence-electron chi connectivity index (χ2n) is 3.29. The largest absolute Gasteiger partial charge is 0.492 e. The quantitative estimate of drug-likeness (QED) is 0.763. The number of fused-ring (bicyclic) bond motifs is 1. The van der Waals surface area contributed by atoms with Gasteiger partial charge in [0.1, 0.15) is 11.6 Å². The molecule has 0 saturated carbocycles. The first-order chi connectivity index (χ1) is 7.11. The van der Waals surface area contributed by atoms with Crippen LogP contribution in [0.1, 0.15) is 17.2 Å². The normalized spacial score (nSPS) is 15.6. The minimum Gasteiger partial charge on any atom is -0.492 e. The number of aliphatic hydroxyl groups excluding tert-OH is 1. The molecule has 1 aromatic carbocycles. The van der Waals surface area contributed by atoms with Crippen molar-refractivity contribution >= 4 is 5.97 Å². The Morgan fingerprint density at radius 2 is 2.27 bits per heavy atom. The first-order valence-corrected chi connectivity index (χ1v) is 4.46. The summed E-state index contributed by atoms with van der Waals surface area (Å²) < 4.78 is 18.5. The van der Waals surface area contributed by atoms with Crippen LogP contribution in [0.25, 0.3) is 0 Å². The predicted molar refractivity (Wildman–Crippen MR) is 48.2 cm³/mol. The van der Waals surface area contributed by atoms with Crippen LogP contribution in [-0.4, -0.2) is 22.8 Å². The minimum atomic E-state index is -1.88. The third-order valence-electron chi connectivity index (χ3n) is 2.35. The summed E-state index contributed by atoms with van der Waals surface area (Å²) in [5.74, 6) is -2.08. The van der Waals surface area contributed by atoms with Crippen molar-refractivity contribution in [3.63, 3.8) is 0 Å². The van der Waals surface area contributed by atoms with Crippen molar-refractivity contribution in [2.45, 2.75) is 12.5 Å². The number of carboxylic acids is 1. The number of hydrogen-bond donors (Lipinski definition) is 2. The number of halogens is 1. The Balaban J connectivity index is 2.54. The van der Waals surface area contributed by atoms with E-state index >= 15 is 0 Å². The highest BCUT2D eigenvalue weighted by Gasteiger charge is 2.28. The zero-order valence-electron chi connectivity index (χ0n) is 7.74. The van der Waals surface area contributed by atoms with E-state index in [1.807, 2.05) is 0 Å². The molecular weight excluding hydrogens is 203 g/mol. The predicted octanol–water partition coefficient (Wildman–Crippen LogP) is 0.879. The Bertz CT molecular complexity index is 416. The number of carboxylic acid groups (broad SMARTS) is 1. The monoisotopic (exact) mass is 212 g/mol. The molecule has 0 radical (unpaired) electrons. The van der Waals surface area contributed by atoms with Crippen molar-refractivity contribution in [1.29, 1.82) is 0 Å². The molecule has 0 saturated heterocycles. The highest BCUT2D eigenvalue weighted by atomic mass is 19.1. The summed E-state index contributed by atoms with van der Waals surface area (Å²) in [6, 6.07) is 2.69. The van der Waals surface area contributed by atoms with Crippen molar-refractivity contribution in [2.75, 3.05) is 6.61 Å². The van der Waals surface area contributed by atoms with E-state index < -0.39 is 17.9 Å². The summed E-state index contributed by atoms with van der Waals surface area (Å²) in [5, 5.41) is 17.9. The zero-order chi connectivity index (χ0) is 11.0. The molecule has 0 fully saturated rings. The maximum Gasteiger partial charge on any atom is 0.337 e. The van der Waals surface area contributed by atoms with Crippen LogP contribution in [0.15, 0.2) is 12.1 Å². The molecule has 0 aromatic heterocycles. The molecule has 4 nitrogen and oxygen atoms in total. The SMILES string of the molecule is O=C(O)C(O)c1c(F)ccc2c1OCC2. The van der Waals surface area contributed by atoms with Crippen LogP contribution in [0.3, 0.4) is 0 Å². The number of ether oxygens (including phenoxy) is 1. The van der Waals surface area contributed by atoms with E-state index in [4.69, 9.17) is 9.84 Å². The van der Waals surface area contributed by atoms with Gasteiger partial charge in [-0.2, -0.15) is 0 Å². The molecule has 1 atom stereocenters. The number of aliphatic hydroxyl groups is 1. The maximum absolute atomic E-state index is 13.4. The summed E-state index contributed by atoms with van der Waals surface area (Å²) in [7, 11) is 0. The first kappa shape index (κ1) is 9.92. The lowest BCUT2D eigenvalue weighted by Gasteiger charge is -2.11. The summed E-state index contributed by atoms with van der Waals surface area (Å²) in [6.45, 7) is 0.387. The third-order valence-corrected chi connectivity index (χ3v) is 2.35. The molecule has 2 N–H and O–H groups in total. The van der Waals surface area contributed by atoms with Crippen molar-refractivity contribution in [1.82, 2.24) is 0 Å². The van der Waals surface area contributed by atoms with E-state index in [0.29, 0.717) is 13.0 Å². The topological polar surface area (TPSA) is 66.8 Å². The molecule has 1 aliphatic heterocycles. The molecule has 15 heavy (non-hydrogen) atoms. The van der Waals surface area contributed by atoms with Crippen molar-refractivity contribution in [2.24, 2.45) is 0 Å². The summed E-state index contributed by atoms with van der Waals surface area (Å²) in [5.41, 5.74) is 0.448. The smallest absolute Gasteiger partial charge is 0.337 e. The van der Waals surface area contributed by atoms with Gasteiger partial charge in [-0.15, -0.1) is 0 Å². The minimum absolute atomic E-state index is 0.171. The van der Waals surface area contributed by atoms with Crippen LogP contribution < -0.4 is 4.74 Å². The van der Waals surface area contributed by atoms with E-state index in [-0.39, 0.29) is 11.3 Å². The van der Waals surface area contributed by atoms with Crippen LogP contribution in [-0.2, 0) is 11.2 Å². The van der Waals surface area contributed by atoms with Crippen LogP contribution in [0.4, 0.5) is 4.39 Å². The molecule has 0 spiro atoms. The number of benzene rings is 1. The van der Waals surface area contributed by atoms with Crippen LogP contribution in [0, 0.1) is 5.82 Å². The van der Waals surface area contributed by atoms with Crippen molar-refractivity contribution in [3.05, 3.63) is 29.1 Å². The van der Waals surface area contributed by atoms with Gasteiger partial charge in [-0.1, -0.05) is 6.07 Å². The van der Waals surface area contributed by atoms with Gasteiger partial charge in [-0.25, -0.2) is 9.18 Å². The number of carbonyl (C=O) groups is 1. The van der Waals surface area contributed by atoms with E-state index in [1.54, 1.807) is 0 Å². The maximum atomic E-state index is 13.4. The molecule has 5 heteroatoms. The Kier molecular flexibility index (Phi) is 2.32. The Labute approximate surface area is 84.9 Å². The number of aliphatic carboxylic acids is 1. The van der Waals surface area contributed by atoms with Gasteiger partial charge in [0.15, 0.2) is 6.10 Å². The highest BCUT2D eigenvalue weighted by molar-refractivity contribution is 5.75. The second-order valence-corrected chi connectivity index (χ2v) is 3.29. The van der Waals surface area contributed by atoms with E-state index in [1.165, 1.54) is 6.07 Å². The fourth-order valence-electron chi connectivity index (χ4n) is 1.63. The molecule has 0 bridgehead atoms. The summed E-state index contributed by atoms with van der Waals surface area (Å²) in [4.78, 5) is 10.6. The molecule has 1 aromatic rings. The van der Waals surface area contributed by atoms with Gasteiger partial charge in [0, 0.05) is 6.42 Å². The van der Waals surface area contributed by atoms with Gasteiger partial charge in [0.25, 0.3) is 0 Å². The summed E-state index contributed by atoms with van der Waals surface area (Å²) >= 11 is 0. The molecule has 1 unspecified atom stereocenters. The Hall–Kier alpha value is -1.62. The average molecular weight is 212 g/mol. The third kappa shape index (κ3) is 1.55. The van der Waals surface area contributed by atoms with Crippen LogP contribution in [0.2, 0.25) is 0 Å². The van der Waals surface area contributed by atoms with Gasteiger partial charge in [-0.3, -0.25) is 0 Å². The van der Waals surface area contributed by atoms with E-state index in [0.717, 1.165) is 11.6 Å². The van der Waals surface area contributed by atoms with Gasteiger partial charge in [-0.05, 0) is 11.6 Å². The van der Waals surface area contributed by atoms with Gasteiger partial charge in [0.05, 0.1) is 12.2 Å². The lowest BCUT2D eigenvalue weighted by molar-refractivity contribution is -0.147. The van der Waals surface area contributed by atoms with Crippen molar-refractivity contribution < 1.29 is 24.1 Å².